The third-order valence-corrected chi connectivity index (χ3v) is 5.51. The average molecular weight is 390 g/mol. The van der Waals surface area contributed by atoms with Crippen LogP contribution in [-0.4, -0.2) is 29.2 Å². The highest BCUT2D eigenvalue weighted by atomic mass is 32.2. The van der Waals surface area contributed by atoms with E-state index in [-0.39, 0.29) is 17.6 Å². The molecule has 8 heteroatoms. The van der Waals surface area contributed by atoms with Crippen LogP contribution in [0.2, 0.25) is 0 Å². The highest BCUT2D eigenvalue weighted by Gasteiger charge is 2.17. The fourth-order valence-electron chi connectivity index (χ4n) is 2.29. The predicted octanol–water partition coefficient (Wildman–Crippen LogP) is 3.85. The van der Waals surface area contributed by atoms with E-state index >= 15 is 0 Å². The van der Waals surface area contributed by atoms with E-state index in [4.69, 9.17) is 4.74 Å². The Morgan fingerprint density at radius 1 is 1.31 bits per heavy atom. The zero-order valence-electron chi connectivity index (χ0n) is 15.0. The lowest BCUT2D eigenvalue weighted by atomic mass is 10.1. The van der Waals surface area contributed by atoms with E-state index in [1.165, 1.54) is 23.1 Å². The first kappa shape index (κ1) is 19.9. The fraction of sp³-hybridized carbons (Fsp3) is 0.333. The van der Waals surface area contributed by atoms with Crippen molar-refractivity contribution < 1.29 is 14.3 Å². The zero-order valence-corrected chi connectivity index (χ0v) is 16.6. The molecular formula is C18H19N3O3S2. The number of nitriles is 1. The Kier molecular flexibility index (Phi) is 6.77. The number of aryl methyl sites for hydroxylation is 3. The van der Waals surface area contributed by atoms with Crippen molar-refractivity contribution in [2.24, 2.45) is 0 Å². The van der Waals surface area contributed by atoms with Gasteiger partial charge in [-0.2, -0.15) is 5.26 Å². The maximum atomic E-state index is 12.2. The van der Waals surface area contributed by atoms with Gasteiger partial charge in [0.15, 0.2) is 0 Å². The van der Waals surface area contributed by atoms with E-state index in [1.54, 1.807) is 19.9 Å². The molecule has 0 atom stereocenters. The molecule has 0 saturated heterocycles. The molecule has 1 amide bonds. The van der Waals surface area contributed by atoms with Crippen LogP contribution in [0.4, 0.5) is 5.00 Å². The summed E-state index contributed by atoms with van der Waals surface area (Å²) in [6.45, 7) is 7.55. The van der Waals surface area contributed by atoms with Crippen LogP contribution in [0.5, 0.6) is 0 Å². The minimum atomic E-state index is -0.386. The molecule has 0 aliphatic heterocycles. The van der Waals surface area contributed by atoms with Gasteiger partial charge >= 0.3 is 5.97 Å². The molecule has 2 aromatic heterocycles. The Balaban J connectivity index is 2.04. The van der Waals surface area contributed by atoms with Gasteiger partial charge in [0.1, 0.15) is 16.0 Å². The van der Waals surface area contributed by atoms with Gasteiger partial charge in [-0.3, -0.25) is 4.79 Å². The van der Waals surface area contributed by atoms with Gasteiger partial charge in [-0.05, 0) is 51.0 Å². The van der Waals surface area contributed by atoms with Gasteiger partial charge in [0.25, 0.3) is 0 Å². The van der Waals surface area contributed by atoms with Gasteiger partial charge < -0.3 is 10.1 Å². The monoisotopic (exact) mass is 389 g/mol. The number of thiophene rings is 1. The molecule has 2 rings (SSSR count). The van der Waals surface area contributed by atoms with Gasteiger partial charge in [-0.25, -0.2) is 9.78 Å². The third-order valence-electron chi connectivity index (χ3n) is 3.40. The summed E-state index contributed by atoms with van der Waals surface area (Å²) in [5.41, 5.74) is 2.90. The number of hydrogen-bond acceptors (Lipinski definition) is 7. The van der Waals surface area contributed by atoms with E-state index in [0.29, 0.717) is 27.1 Å². The Bertz CT molecular complexity index is 885. The molecule has 136 valence electrons. The Labute approximate surface area is 160 Å². The van der Waals surface area contributed by atoms with E-state index < -0.39 is 0 Å². The zero-order chi connectivity index (χ0) is 19.3. The number of ether oxygens (including phenoxy) is 1. The molecule has 6 nitrogen and oxygen atoms in total. The molecule has 2 heterocycles. The SMILES string of the molecule is CCOC(=O)c1sc(NC(=O)CSc2nc(C)cc(C)c2C#N)cc1C. The van der Waals surface area contributed by atoms with Gasteiger partial charge in [-0.15, -0.1) is 11.3 Å². The van der Waals surface area contributed by atoms with E-state index in [1.807, 2.05) is 19.9 Å². The second kappa shape index (κ2) is 8.83. The van der Waals surface area contributed by atoms with Crippen LogP contribution >= 0.6 is 23.1 Å². The maximum Gasteiger partial charge on any atom is 0.348 e. The van der Waals surface area contributed by atoms with E-state index in [2.05, 4.69) is 16.4 Å². The van der Waals surface area contributed by atoms with Crippen molar-refractivity contribution in [3.63, 3.8) is 0 Å². The van der Waals surface area contributed by atoms with E-state index in [9.17, 15) is 14.9 Å². The fourth-order valence-corrected chi connectivity index (χ4v) is 4.18. The number of carbonyl (C=O) groups excluding carboxylic acids is 2. The predicted molar refractivity (Wildman–Crippen MR) is 103 cm³/mol. The molecule has 0 aromatic carbocycles. The molecular weight excluding hydrogens is 370 g/mol. The maximum absolute atomic E-state index is 12.2. The number of thioether (sulfide) groups is 1. The topological polar surface area (TPSA) is 92.1 Å². The van der Waals surface area contributed by atoms with Crippen LogP contribution in [0, 0.1) is 32.1 Å². The quantitative estimate of drug-likeness (QED) is 0.596. The highest BCUT2D eigenvalue weighted by Crippen LogP contribution is 2.28. The van der Waals surface area contributed by atoms with Crippen LogP contribution in [0.15, 0.2) is 17.2 Å². The molecule has 0 spiro atoms. The number of aromatic nitrogens is 1. The van der Waals surface area contributed by atoms with Crippen LogP contribution in [-0.2, 0) is 9.53 Å². The summed E-state index contributed by atoms with van der Waals surface area (Å²) in [5, 5.41) is 13.2. The smallest absolute Gasteiger partial charge is 0.348 e. The standard InChI is InChI=1S/C18H19N3O3S2/c1-5-24-18(23)16-11(3)7-15(26-16)21-14(22)9-25-17-13(8-19)10(2)6-12(4)20-17/h6-7H,5,9H2,1-4H3,(H,21,22). The van der Waals surface area contributed by atoms with Gasteiger partial charge in [0.2, 0.25) is 5.91 Å². The van der Waals surface area contributed by atoms with Gasteiger partial charge in [-0.1, -0.05) is 11.8 Å². The molecule has 0 bridgehead atoms. The summed E-state index contributed by atoms with van der Waals surface area (Å²) in [7, 11) is 0. The summed E-state index contributed by atoms with van der Waals surface area (Å²) < 4.78 is 5.00. The first-order chi connectivity index (χ1) is 12.3. The summed E-state index contributed by atoms with van der Waals surface area (Å²) >= 11 is 2.41. The number of esters is 1. The summed E-state index contributed by atoms with van der Waals surface area (Å²) in [5.74, 6) is -0.490. The van der Waals surface area contributed by atoms with Crippen molar-refractivity contribution in [2.75, 3.05) is 17.7 Å². The number of pyridine rings is 1. The second-order valence-electron chi connectivity index (χ2n) is 5.55. The van der Waals surface area contributed by atoms with E-state index in [0.717, 1.165) is 16.8 Å². The van der Waals surface area contributed by atoms with Crippen molar-refractivity contribution in [3.8, 4) is 6.07 Å². The lowest BCUT2D eigenvalue weighted by Gasteiger charge is -2.07. The molecule has 0 fully saturated rings. The van der Waals surface area contributed by atoms with Crippen LogP contribution in [0.3, 0.4) is 0 Å². The first-order valence-electron chi connectivity index (χ1n) is 7.94. The van der Waals surface area contributed by atoms with Crippen molar-refractivity contribution >= 4 is 40.0 Å². The summed E-state index contributed by atoms with van der Waals surface area (Å²) in [4.78, 5) is 28.9. The molecule has 0 radical (unpaired) electrons. The molecule has 1 N–H and O–H groups in total. The number of amides is 1. The molecule has 2 aromatic rings. The molecule has 0 aliphatic carbocycles. The highest BCUT2D eigenvalue weighted by molar-refractivity contribution is 8.00. The molecule has 0 unspecified atom stereocenters. The molecule has 0 saturated carbocycles. The number of carbonyl (C=O) groups is 2. The molecule has 0 aliphatic rings. The number of anilines is 1. The van der Waals surface area contributed by atoms with Crippen LogP contribution < -0.4 is 5.32 Å². The van der Waals surface area contributed by atoms with Gasteiger partial charge in [0, 0.05) is 5.69 Å². The number of nitrogens with zero attached hydrogens (tertiary/aromatic N) is 2. The number of hydrogen-bond donors (Lipinski definition) is 1. The number of rotatable bonds is 6. The van der Waals surface area contributed by atoms with Crippen molar-refractivity contribution in [2.45, 2.75) is 32.7 Å². The minimum Gasteiger partial charge on any atom is -0.462 e. The lowest BCUT2D eigenvalue weighted by molar-refractivity contribution is -0.113. The largest absolute Gasteiger partial charge is 0.462 e. The lowest BCUT2D eigenvalue weighted by Crippen LogP contribution is -2.13. The van der Waals surface area contributed by atoms with Crippen molar-refractivity contribution in [3.05, 3.63) is 39.4 Å². The van der Waals surface area contributed by atoms with Crippen molar-refractivity contribution in [1.29, 1.82) is 5.26 Å². The van der Waals surface area contributed by atoms with Gasteiger partial charge in [0.05, 0.1) is 22.9 Å². The normalized spacial score (nSPS) is 10.3. The Morgan fingerprint density at radius 3 is 2.69 bits per heavy atom. The minimum absolute atomic E-state index is 0.121. The Hall–Kier alpha value is -2.37. The summed E-state index contributed by atoms with van der Waals surface area (Å²) in [6.07, 6.45) is 0. The van der Waals surface area contributed by atoms with Crippen LogP contribution in [0.25, 0.3) is 0 Å². The summed E-state index contributed by atoms with van der Waals surface area (Å²) in [6, 6.07) is 5.72. The third kappa shape index (κ3) is 4.84. The first-order valence-corrected chi connectivity index (χ1v) is 9.74. The van der Waals surface area contributed by atoms with Crippen molar-refractivity contribution in [1.82, 2.24) is 4.98 Å². The number of nitrogens with one attached hydrogen (secondary N) is 1. The van der Waals surface area contributed by atoms with Crippen LogP contribution in [0.1, 0.15) is 39.0 Å². The molecule has 26 heavy (non-hydrogen) atoms. The second-order valence-corrected chi connectivity index (χ2v) is 7.57. The average Bonchev–Trinajstić information content (AvgIpc) is 2.93. The Morgan fingerprint density at radius 2 is 2.04 bits per heavy atom.